The van der Waals surface area contributed by atoms with Crippen LogP contribution in [0.1, 0.15) is 21.6 Å². The Morgan fingerprint density at radius 1 is 0.880 bits per heavy atom. The maximum Gasteiger partial charge on any atom is 0.273 e. The molecular weight excluding hydrogens is 312 g/mol. The number of fused-ring (bicyclic) bond motifs is 1. The first-order valence-corrected chi connectivity index (χ1v) is 8.30. The van der Waals surface area contributed by atoms with Crippen molar-refractivity contribution in [2.24, 2.45) is 0 Å². The largest absolute Gasteiger partial charge is 0.347 e. The van der Waals surface area contributed by atoms with Gasteiger partial charge < -0.3 is 10.6 Å². The van der Waals surface area contributed by atoms with Crippen molar-refractivity contribution in [2.75, 3.05) is 5.32 Å². The Labute approximate surface area is 146 Å². The van der Waals surface area contributed by atoms with Crippen LogP contribution in [0.4, 0.5) is 11.5 Å². The fourth-order valence-electron chi connectivity index (χ4n) is 3.17. The molecule has 0 radical (unpaired) electrons. The van der Waals surface area contributed by atoms with Gasteiger partial charge in [-0.15, -0.1) is 0 Å². The average Bonchev–Trinajstić information content (AvgIpc) is 3.05. The van der Waals surface area contributed by atoms with Gasteiger partial charge in [-0.3, -0.25) is 4.79 Å². The molecular formula is C20H18N4O. The molecule has 2 aromatic carbocycles. The minimum atomic E-state index is -0.204. The monoisotopic (exact) mass is 330 g/mol. The molecule has 0 atom stereocenters. The Morgan fingerprint density at radius 3 is 2.24 bits per heavy atom. The summed E-state index contributed by atoms with van der Waals surface area (Å²) < 4.78 is 0. The number of hydrogen-bond acceptors (Lipinski definition) is 4. The van der Waals surface area contributed by atoms with E-state index in [1.165, 1.54) is 17.3 Å². The van der Waals surface area contributed by atoms with Gasteiger partial charge >= 0.3 is 0 Å². The third-order valence-corrected chi connectivity index (χ3v) is 4.34. The Hall–Kier alpha value is -3.21. The summed E-state index contributed by atoms with van der Waals surface area (Å²) in [5.74, 6) is 0.256. The molecule has 3 aromatic rings. The highest BCUT2D eigenvalue weighted by atomic mass is 16.2. The molecule has 1 heterocycles. The molecule has 1 aliphatic rings. The second kappa shape index (κ2) is 6.73. The highest BCUT2D eigenvalue weighted by Crippen LogP contribution is 2.22. The van der Waals surface area contributed by atoms with Crippen LogP contribution < -0.4 is 10.6 Å². The van der Waals surface area contributed by atoms with Gasteiger partial charge in [-0.2, -0.15) is 0 Å². The standard InChI is InChI=1S/C20H18N4O/c25-20(24-17-12-14-6-4-5-7-15(14)13-17)18-19(22-11-10-21-18)23-16-8-2-1-3-9-16/h1-11,17H,12-13H2,(H,22,23)(H,24,25). The van der Waals surface area contributed by atoms with Crippen LogP contribution in [0.25, 0.3) is 0 Å². The van der Waals surface area contributed by atoms with Crippen molar-refractivity contribution in [1.82, 2.24) is 15.3 Å². The molecule has 4 rings (SSSR count). The lowest BCUT2D eigenvalue weighted by atomic mass is 10.1. The van der Waals surface area contributed by atoms with Gasteiger partial charge in [-0.05, 0) is 36.1 Å². The molecule has 1 aromatic heterocycles. The lowest BCUT2D eigenvalue weighted by Crippen LogP contribution is -2.36. The van der Waals surface area contributed by atoms with Crippen LogP contribution in [0.3, 0.4) is 0 Å². The summed E-state index contributed by atoms with van der Waals surface area (Å²) in [6.45, 7) is 0. The average molecular weight is 330 g/mol. The third-order valence-electron chi connectivity index (χ3n) is 4.34. The van der Waals surface area contributed by atoms with Crippen LogP contribution in [-0.4, -0.2) is 21.9 Å². The smallest absolute Gasteiger partial charge is 0.273 e. The molecule has 0 saturated carbocycles. The number of nitrogens with one attached hydrogen (secondary N) is 2. The van der Waals surface area contributed by atoms with Crippen LogP contribution in [0.2, 0.25) is 0 Å². The Bertz CT molecular complexity index is 870. The summed E-state index contributed by atoms with van der Waals surface area (Å²) in [4.78, 5) is 21.2. The van der Waals surface area contributed by atoms with E-state index in [4.69, 9.17) is 0 Å². The highest BCUT2D eigenvalue weighted by Gasteiger charge is 2.24. The zero-order valence-electron chi connectivity index (χ0n) is 13.6. The third kappa shape index (κ3) is 3.35. The molecule has 0 spiro atoms. The SMILES string of the molecule is O=C(NC1Cc2ccccc2C1)c1nccnc1Nc1ccccc1. The van der Waals surface area contributed by atoms with Crippen molar-refractivity contribution in [1.29, 1.82) is 0 Å². The topological polar surface area (TPSA) is 66.9 Å². The van der Waals surface area contributed by atoms with Gasteiger partial charge in [0.25, 0.3) is 5.91 Å². The molecule has 0 fully saturated rings. The molecule has 5 nitrogen and oxygen atoms in total. The van der Waals surface area contributed by atoms with E-state index in [9.17, 15) is 4.79 Å². The quantitative estimate of drug-likeness (QED) is 0.771. The number of carbonyl (C=O) groups is 1. The number of benzene rings is 2. The van der Waals surface area contributed by atoms with E-state index in [1.807, 2.05) is 42.5 Å². The second-order valence-corrected chi connectivity index (χ2v) is 6.09. The second-order valence-electron chi connectivity index (χ2n) is 6.09. The van der Waals surface area contributed by atoms with E-state index in [1.54, 1.807) is 6.20 Å². The lowest BCUT2D eigenvalue weighted by Gasteiger charge is -2.14. The van der Waals surface area contributed by atoms with E-state index in [-0.39, 0.29) is 11.9 Å². The summed E-state index contributed by atoms with van der Waals surface area (Å²) in [6, 6.07) is 18.0. The summed E-state index contributed by atoms with van der Waals surface area (Å²) >= 11 is 0. The molecule has 0 aliphatic heterocycles. The van der Waals surface area contributed by atoms with Crippen molar-refractivity contribution >= 4 is 17.4 Å². The van der Waals surface area contributed by atoms with Gasteiger partial charge in [-0.25, -0.2) is 9.97 Å². The van der Waals surface area contributed by atoms with Gasteiger partial charge in [0.2, 0.25) is 0 Å². The maximum absolute atomic E-state index is 12.7. The minimum Gasteiger partial charge on any atom is -0.347 e. The van der Waals surface area contributed by atoms with E-state index in [2.05, 4.69) is 32.7 Å². The molecule has 0 saturated heterocycles. The molecule has 0 bridgehead atoms. The number of carbonyl (C=O) groups excluding carboxylic acids is 1. The van der Waals surface area contributed by atoms with E-state index in [0.717, 1.165) is 18.5 Å². The summed E-state index contributed by atoms with van der Waals surface area (Å²) in [5.41, 5.74) is 3.77. The maximum atomic E-state index is 12.7. The van der Waals surface area contributed by atoms with Crippen LogP contribution in [0.5, 0.6) is 0 Å². The van der Waals surface area contributed by atoms with Crippen molar-refractivity contribution in [3.05, 3.63) is 83.8 Å². The summed E-state index contributed by atoms with van der Waals surface area (Å²) in [5, 5.41) is 6.25. The number of rotatable bonds is 4. The van der Waals surface area contributed by atoms with Crippen LogP contribution in [0, 0.1) is 0 Å². The molecule has 1 amide bonds. The van der Waals surface area contributed by atoms with Crippen LogP contribution in [0.15, 0.2) is 67.0 Å². The number of para-hydroxylation sites is 1. The van der Waals surface area contributed by atoms with Gasteiger partial charge in [-0.1, -0.05) is 42.5 Å². The summed E-state index contributed by atoms with van der Waals surface area (Å²) in [7, 11) is 0. The first-order chi connectivity index (χ1) is 12.3. The Kier molecular flexibility index (Phi) is 4.12. The predicted molar refractivity (Wildman–Crippen MR) is 96.9 cm³/mol. The van der Waals surface area contributed by atoms with E-state index >= 15 is 0 Å². The fraction of sp³-hybridized carbons (Fsp3) is 0.150. The molecule has 2 N–H and O–H groups in total. The number of amides is 1. The fourth-order valence-corrected chi connectivity index (χ4v) is 3.17. The Morgan fingerprint density at radius 2 is 1.52 bits per heavy atom. The highest BCUT2D eigenvalue weighted by molar-refractivity contribution is 5.97. The van der Waals surface area contributed by atoms with Crippen LogP contribution in [-0.2, 0) is 12.8 Å². The van der Waals surface area contributed by atoms with Crippen molar-refractivity contribution in [3.63, 3.8) is 0 Å². The zero-order chi connectivity index (χ0) is 17.1. The lowest BCUT2D eigenvalue weighted by molar-refractivity contribution is 0.0934. The zero-order valence-corrected chi connectivity index (χ0v) is 13.6. The summed E-state index contributed by atoms with van der Waals surface area (Å²) in [6.07, 6.45) is 4.81. The van der Waals surface area contributed by atoms with Crippen molar-refractivity contribution < 1.29 is 4.79 Å². The predicted octanol–water partition coefficient (Wildman–Crippen LogP) is 3.12. The Balaban J connectivity index is 1.50. The number of aromatic nitrogens is 2. The van der Waals surface area contributed by atoms with E-state index in [0.29, 0.717) is 11.5 Å². The van der Waals surface area contributed by atoms with Gasteiger partial charge in [0, 0.05) is 24.1 Å². The van der Waals surface area contributed by atoms with Crippen molar-refractivity contribution in [2.45, 2.75) is 18.9 Å². The first kappa shape index (κ1) is 15.3. The minimum absolute atomic E-state index is 0.0940. The molecule has 25 heavy (non-hydrogen) atoms. The first-order valence-electron chi connectivity index (χ1n) is 8.30. The van der Waals surface area contributed by atoms with Gasteiger partial charge in [0.05, 0.1) is 0 Å². The van der Waals surface area contributed by atoms with Gasteiger partial charge in [0.15, 0.2) is 11.5 Å². The molecule has 5 heteroatoms. The van der Waals surface area contributed by atoms with Crippen LogP contribution >= 0.6 is 0 Å². The number of hydrogen-bond donors (Lipinski definition) is 2. The van der Waals surface area contributed by atoms with Crippen molar-refractivity contribution in [3.8, 4) is 0 Å². The normalized spacial score (nSPS) is 13.3. The molecule has 124 valence electrons. The molecule has 1 aliphatic carbocycles. The van der Waals surface area contributed by atoms with Gasteiger partial charge in [0.1, 0.15) is 0 Å². The number of nitrogens with zero attached hydrogens (tertiary/aromatic N) is 2. The molecule has 0 unspecified atom stereocenters. The van der Waals surface area contributed by atoms with E-state index < -0.39 is 0 Å². The number of anilines is 2.